The third kappa shape index (κ3) is 3.70. The largest absolute Gasteiger partial charge is 0.496 e. The van der Waals surface area contributed by atoms with Gasteiger partial charge >= 0.3 is 0 Å². The number of nitrogens with zero attached hydrogens (tertiary/aromatic N) is 2. The lowest BCUT2D eigenvalue weighted by molar-refractivity contribution is 0.401. The van der Waals surface area contributed by atoms with Crippen molar-refractivity contribution >= 4 is 15.7 Å². The van der Waals surface area contributed by atoms with Gasteiger partial charge in [-0.3, -0.25) is 4.72 Å². The van der Waals surface area contributed by atoms with E-state index in [9.17, 15) is 8.42 Å². The molecule has 26 heavy (non-hydrogen) atoms. The molecular weight excluding hydrogens is 354 g/mol. The second kappa shape index (κ2) is 7.17. The highest BCUT2D eigenvalue weighted by Crippen LogP contribution is 2.32. The van der Waals surface area contributed by atoms with Gasteiger partial charge in [0.05, 0.1) is 17.6 Å². The van der Waals surface area contributed by atoms with E-state index in [1.807, 2.05) is 19.9 Å². The van der Waals surface area contributed by atoms with Crippen molar-refractivity contribution in [1.29, 1.82) is 0 Å². The smallest absolute Gasteiger partial charge is 0.261 e. The van der Waals surface area contributed by atoms with Crippen LogP contribution in [0.1, 0.15) is 25.6 Å². The molecule has 0 saturated heterocycles. The summed E-state index contributed by atoms with van der Waals surface area (Å²) in [7, 11) is -2.28. The Hall–Kier alpha value is -2.87. The molecule has 0 unspecified atom stereocenters. The Balaban J connectivity index is 2.01. The van der Waals surface area contributed by atoms with Gasteiger partial charge in [0.15, 0.2) is 5.82 Å². The molecule has 0 atom stereocenters. The average Bonchev–Trinajstić information content (AvgIpc) is 3.12. The molecule has 136 valence electrons. The number of rotatable bonds is 6. The van der Waals surface area contributed by atoms with Crippen molar-refractivity contribution in [2.24, 2.45) is 0 Å². The van der Waals surface area contributed by atoms with Gasteiger partial charge < -0.3 is 9.26 Å². The maximum Gasteiger partial charge on any atom is 0.261 e. The number of ether oxygens (including phenoxy) is 1. The summed E-state index contributed by atoms with van der Waals surface area (Å²) in [6.07, 6.45) is 0. The second-order valence-corrected chi connectivity index (χ2v) is 7.63. The van der Waals surface area contributed by atoms with Crippen LogP contribution in [0.3, 0.4) is 0 Å². The quantitative estimate of drug-likeness (QED) is 0.708. The Morgan fingerprint density at radius 2 is 1.85 bits per heavy atom. The van der Waals surface area contributed by atoms with Gasteiger partial charge in [0.2, 0.25) is 0 Å². The molecule has 7 nitrogen and oxygen atoms in total. The third-order valence-electron chi connectivity index (χ3n) is 3.70. The summed E-state index contributed by atoms with van der Waals surface area (Å²) in [6, 6.07) is 13.2. The van der Waals surface area contributed by atoms with Gasteiger partial charge in [-0.2, -0.15) is 4.98 Å². The van der Waals surface area contributed by atoms with E-state index in [4.69, 9.17) is 9.26 Å². The fraction of sp³-hybridized carbons (Fsp3) is 0.222. The molecule has 0 spiro atoms. The normalized spacial score (nSPS) is 11.5. The van der Waals surface area contributed by atoms with Gasteiger partial charge in [-0.25, -0.2) is 8.42 Å². The lowest BCUT2D eigenvalue weighted by Gasteiger charge is -2.10. The summed E-state index contributed by atoms with van der Waals surface area (Å²) in [6.45, 7) is 3.88. The first-order valence-electron chi connectivity index (χ1n) is 8.00. The van der Waals surface area contributed by atoms with Gasteiger partial charge in [0.1, 0.15) is 5.75 Å². The summed E-state index contributed by atoms with van der Waals surface area (Å²) >= 11 is 0. The molecule has 1 N–H and O–H groups in total. The minimum atomic E-state index is -3.77. The summed E-state index contributed by atoms with van der Waals surface area (Å²) < 4.78 is 38.5. The van der Waals surface area contributed by atoms with Crippen molar-refractivity contribution in [1.82, 2.24) is 10.1 Å². The van der Waals surface area contributed by atoms with Gasteiger partial charge in [-0.15, -0.1) is 0 Å². The van der Waals surface area contributed by atoms with Crippen molar-refractivity contribution < 1.29 is 17.7 Å². The topological polar surface area (TPSA) is 94.3 Å². The summed E-state index contributed by atoms with van der Waals surface area (Å²) in [4.78, 5) is 4.39. The van der Waals surface area contributed by atoms with Gasteiger partial charge in [-0.05, 0) is 30.3 Å². The van der Waals surface area contributed by atoms with E-state index < -0.39 is 10.0 Å². The highest BCUT2D eigenvalue weighted by Gasteiger charge is 2.21. The number of hydrogen-bond donors (Lipinski definition) is 1. The zero-order chi connectivity index (χ0) is 18.7. The van der Waals surface area contributed by atoms with Crippen LogP contribution in [-0.2, 0) is 10.0 Å². The molecule has 1 aromatic heterocycles. The molecule has 0 fully saturated rings. The fourth-order valence-corrected chi connectivity index (χ4v) is 3.40. The number of anilines is 1. The van der Waals surface area contributed by atoms with Crippen molar-refractivity contribution in [3.05, 3.63) is 54.4 Å². The zero-order valence-electron chi connectivity index (χ0n) is 14.6. The first-order valence-corrected chi connectivity index (χ1v) is 9.49. The first kappa shape index (κ1) is 17.9. The highest BCUT2D eigenvalue weighted by atomic mass is 32.2. The van der Waals surface area contributed by atoms with E-state index in [1.54, 1.807) is 30.3 Å². The Morgan fingerprint density at radius 3 is 2.46 bits per heavy atom. The SMILES string of the molecule is COc1ccc(S(=O)(=O)Nc2ccccc2)cc1-c1nc(C(C)C)no1. The number of para-hydroxylation sites is 1. The van der Waals surface area contributed by atoms with Crippen molar-refractivity contribution in [3.8, 4) is 17.2 Å². The van der Waals surface area contributed by atoms with Crippen LogP contribution in [0.5, 0.6) is 5.75 Å². The van der Waals surface area contributed by atoms with E-state index in [-0.39, 0.29) is 16.7 Å². The van der Waals surface area contributed by atoms with Crippen LogP contribution >= 0.6 is 0 Å². The molecule has 1 heterocycles. The maximum absolute atomic E-state index is 12.7. The number of benzene rings is 2. The van der Waals surface area contributed by atoms with E-state index in [1.165, 1.54) is 19.2 Å². The van der Waals surface area contributed by atoms with E-state index in [0.717, 1.165) is 0 Å². The Labute approximate surface area is 152 Å². The molecule has 0 radical (unpaired) electrons. The summed E-state index contributed by atoms with van der Waals surface area (Å²) in [5.41, 5.74) is 0.896. The average molecular weight is 373 g/mol. The highest BCUT2D eigenvalue weighted by molar-refractivity contribution is 7.92. The van der Waals surface area contributed by atoms with Crippen LogP contribution in [0.2, 0.25) is 0 Å². The molecule has 2 aromatic carbocycles. The molecule has 0 aliphatic heterocycles. The predicted octanol–water partition coefficient (Wildman–Crippen LogP) is 3.67. The maximum atomic E-state index is 12.7. The molecule has 0 bridgehead atoms. The number of nitrogens with one attached hydrogen (secondary N) is 1. The molecule has 0 amide bonds. The number of aromatic nitrogens is 2. The number of sulfonamides is 1. The predicted molar refractivity (Wildman–Crippen MR) is 97.6 cm³/mol. The molecule has 8 heteroatoms. The van der Waals surface area contributed by atoms with Crippen LogP contribution in [0.15, 0.2) is 57.9 Å². The second-order valence-electron chi connectivity index (χ2n) is 5.95. The summed E-state index contributed by atoms with van der Waals surface area (Å²) in [5, 5.41) is 3.92. The molecule has 0 aliphatic rings. The standard InChI is InChI=1S/C18H19N3O4S/c1-12(2)17-19-18(25-20-17)15-11-14(9-10-16(15)24-3)26(22,23)21-13-7-5-4-6-8-13/h4-12,21H,1-3H3. The van der Waals surface area contributed by atoms with E-state index >= 15 is 0 Å². The van der Waals surface area contributed by atoms with E-state index in [2.05, 4.69) is 14.9 Å². The van der Waals surface area contributed by atoms with Crippen molar-refractivity contribution in [3.63, 3.8) is 0 Å². The van der Waals surface area contributed by atoms with Crippen LogP contribution in [0.4, 0.5) is 5.69 Å². The Morgan fingerprint density at radius 1 is 1.12 bits per heavy atom. The third-order valence-corrected chi connectivity index (χ3v) is 5.07. The van der Waals surface area contributed by atoms with Crippen LogP contribution in [0, 0.1) is 0 Å². The van der Waals surface area contributed by atoms with Crippen LogP contribution in [0.25, 0.3) is 11.5 Å². The lowest BCUT2D eigenvalue weighted by atomic mass is 10.2. The Kier molecular flexibility index (Phi) is 4.94. The Bertz CT molecular complexity index is 998. The van der Waals surface area contributed by atoms with Gasteiger partial charge in [-0.1, -0.05) is 37.2 Å². The molecule has 0 saturated carbocycles. The van der Waals surface area contributed by atoms with Gasteiger partial charge in [0.25, 0.3) is 15.9 Å². The minimum absolute atomic E-state index is 0.0708. The fourth-order valence-electron chi connectivity index (χ4n) is 2.32. The van der Waals surface area contributed by atoms with Crippen LogP contribution < -0.4 is 9.46 Å². The van der Waals surface area contributed by atoms with E-state index in [0.29, 0.717) is 22.8 Å². The lowest BCUT2D eigenvalue weighted by Crippen LogP contribution is -2.13. The van der Waals surface area contributed by atoms with Gasteiger partial charge in [0, 0.05) is 11.6 Å². The minimum Gasteiger partial charge on any atom is -0.496 e. The number of methoxy groups -OCH3 is 1. The van der Waals surface area contributed by atoms with Crippen molar-refractivity contribution in [2.45, 2.75) is 24.7 Å². The molecule has 0 aliphatic carbocycles. The van der Waals surface area contributed by atoms with Crippen molar-refractivity contribution in [2.75, 3.05) is 11.8 Å². The van der Waals surface area contributed by atoms with Crippen LogP contribution in [-0.4, -0.2) is 25.7 Å². The monoisotopic (exact) mass is 373 g/mol. The molecule has 3 rings (SSSR count). The summed E-state index contributed by atoms with van der Waals surface area (Å²) in [5.74, 6) is 1.29. The number of hydrogen-bond acceptors (Lipinski definition) is 6. The molecular formula is C18H19N3O4S. The zero-order valence-corrected chi connectivity index (χ0v) is 15.4. The molecule has 3 aromatic rings. The first-order chi connectivity index (χ1) is 12.4.